The van der Waals surface area contributed by atoms with Gasteiger partial charge in [0, 0.05) is 19.0 Å². The molecule has 2 aromatic rings. The summed E-state index contributed by atoms with van der Waals surface area (Å²) < 4.78 is 2.17. The van der Waals surface area contributed by atoms with Crippen molar-refractivity contribution in [1.82, 2.24) is 14.8 Å². The Hall–Kier alpha value is -1.84. The molecule has 0 bridgehead atoms. The van der Waals surface area contributed by atoms with Crippen LogP contribution in [0.5, 0.6) is 0 Å². The highest BCUT2D eigenvalue weighted by Crippen LogP contribution is 2.27. The van der Waals surface area contributed by atoms with Gasteiger partial charge in [0.25, 0.3) is 0 Å². The van der Waals surface area contributed by atoms with Crippen LogP contribution in [-0.4, -0.2) is 21.3 Å². The first-order valence-electron chi connectivity index (χ1n) is 7.03. The molecule has 4 heteroatoms. The largest absolute Gasteiger partial charge is 0.355 e. The van der Waals surface area contributed by atoms with Crippen LogP contribution in [0.1, 0.15) is 44.5 Å². The van der Waals surface area contributed by atoms with Crippen LogP contribution >= 0.6 is 0 Å². The van der Waals surface area contributed by atoms with E-state index >= 15 is 0 Å². The summed E-state index contributed by atoms with van der Waals surface area (Å²) >= 11 is 0. The van der Waals surface area contributed by atoms with Gasteiger partial charge < -0.3 is 5.32 Å². The molecule has 1 atom stereocenters. The molecule has 0 aliphatic carbocycles. The lowest BCUT2D eigenvalue weighted by molar-refractivity contribution is 0.633. The molecule has 0 spiro atoms. The fraction of sp³-hybridized carbons (Fsp3) is 0.467. The zero-order chi connectivity index (χ0) is 13.7. The van der Waals surface area contributed by atoms with E-state index in [9.17, 15) is 0 Å². The lowest BCUT2D eigenvalue weighted by Gasteiger charge is -2.16. The number of aromatic nitrogens is 3. The molecule has 0 saturated carbocycles. The normalized spacial score (nSPS) is 12.4. The molecular weight excluding hydrogens is 236 g/mol. The average molecular weight is 258 g/mol. The van der Waals surface area contributed by atoms with E-state index < -0.39 is 0 Å². The average Bonchev–Trinajstić information content (AvgIpc) is 2.84. The molecule has 0 fully saturated rings. The second kappa shape index (κ2) is 6.36. The van der Waals surface area contributed by atoms with E-state index in [0.717, 1.165) is 31.3 Å². The number of nitrogens with one attached hydrogen (secondary N) is 1. The Bertz CT molecular complexity index is 504. The summed E-state index contributed by atoms with van der Waals surface area (Å²) in [4.78, 5) is 0. The Morgan fingerprint density at radius 3 is 2.42 bits per heavy atom. The summed E-state index contributed by atoms with van der Waals surface area (Å²) in [5.74, 6) is 2.22. The number of benzene rings is 1. The third kappa shape index (κ3) is 2.78. The topological polar surface area (TPSA) is 42.7 Å². The minimum absolute atomic E-state index is 0.307. The van der Waals surface area contributed by atoms with Gasteiger partial charge in [0.05, 0.1) is 0 Å². The van der Waals surface area contributed by atoms with Gasteiger partial charge in [0.1, 0.15) is 5.82 Å². The highest BCUT2D eigenvalue weighted by atomic mass is 15.3. The fourth-order valence-electron chi connectivity index (χ4n) is 2.43. The van der Waals surface area contributed by atoms with E-state index in [-0.39, 0.29) is 0 Å². The molecular formula is C15H22N4. The molecule has 1 aromatic heterocycles. The lowest BCUT2D eigenvalue weighted by Crippen LogP contribution is -2.12. The number of nitrogens with zero attached hydrogens (tertiary/aromatic N) is 3. The molecule has 19 heavy (non-hydrogen) atoms. The Labute approximate surface area is 114 Å². The quantitative estimate of drug-likeness (QED) is 0.864. The standard InChI is InChI=1S/C15H22N4/c1-4-13(12-10-8-7-9-11-12)14-17-18-15(16-5-2)19(14)6-3/h7-11,13H,4-6H2,1-3H3,(H,16,18). The zero-order valence-corrected chi connectivity index (χ0v) is 11.9. The van der Waals surface area contributed by atoms with E-state index in [0.29, 0.717) is 5.92 Å². The fourth-order valence-corrected chi connectivity index (χ4v) is 2.43. The Morgan fingerprint density at radius 2 is 1.84 bits per heavy atom. The van der Waals surface area contributed by atoms with Gasteiger partial charge in [0.15, 0.2) is 0 Å². The number of anilines is 1. The molecule has 0 aliphatic rings. The van der Waals surface area contributed by atoms with Gasteiger partial charge in [0.2, 0.25) is 5.95 Å². The predicted molar refractivity (Wildman–Crippen MR) is 78.4 cm³/mol. The lowest BCUT2D eigenvalue weighted by atomic mass is 9.96. The van der Waals surface area contributed by atoms with Crippen molar-refractivity contribution in [2.75, 3.05) is 11.9 Å². The third-order valence-electron chi connectivity index (χ3n) is 3.35. The smallest absolute Gasteiger partial charge is 0.224 e. The van der Waals surface area contributed by atoms with E-state index in [1.165, 1.54) is 5.56 Å². The van der Waals surface area contributed by atoms with Gasteiger partial charge in [-0.3, -0.25) is 4.57 Å². The minimum Gasteiger partial charge on any atom is -0.355 e. The maximum Gasteiger partial charge on any atom is 0.224 e. The van der Waals surface area contributed by atoms with Crippen molar-refractivity contribution in [3.63, 3.8) is 0 Å². The zero-order valence-electron chi connectivity index (χ0n) is 11.9. The first kappa shape index (κ1) is 13.6. The van der Waals surface area contributed by atoms with Crippen molar-refractivity contribution in [1.29, 1.82) is 0 Å². The highest BCUT2D eigenvalue weighted by molar-refractivity contribution is 5.31. The van der Waals surface area contributed by atoms with E-state index in [1.54, 1.807) is 0 Å². The van der Waals surface area contributed by atoms with Crippen molar-refractivity contribution in [2.24, 2.45) is 0 Å². The van der Waals surface area contributed by atoms with Crippen molar-refractivity contribution >= 4 is 5.95 Å². The maximum absolute atomic E-state index is 4.40. The van der Waals surface area contributed by atoms with Crippen LogP contribution in [0.15, 0.2) is 30.3 Å². The summed E-state index contributed by atoms with van der Waals surface area (Å²) in [6, 6.07) is 10.5. The molecule has 2 rings (SSSR count). The number of rotatable bonds is 6. The van der Waals surface area contributed by atoms with Gasteiger partial charge in [-0.25, -0.2) is 0 Å². The molecule has 0 aliphatic heterocycles. The van der Waals surface area contributed by atoms with Crippen molar-refractivity contribution in [3.05, 3.63) is 41.7 Å². The van der Waals surface area contributed by atoms with Gasteiger partial charge in [-0.1, -0.05) is 37.3 Å². The second-order valence-electron chi connectivity index (χ2n) is 4.53. The number of hydrogen-bond donors (Lipinski definition) is 1. The molecule has 1 unspecified atom stereocenters. The van der Waals surface area contributed by atoms with Crippen LogP contribution in [0.2, 0.25) is 0 Å². The van der Waals surface area contributed by atoms with Gasteiger partial charge >= 0.3 is 0 Å². The summed E-state index contributed by atoms with van der Waals surface area (Å²) in [6.45, 7) is 8.14. The van der Waals surface area contributed by atoms with E-state index in [1.807, 2.05) is 6.07 Å². The first-order chi connectivity index (χ1) is 9.31. The van der Waals surface area contributed by atoms with Crippen molar-refractivity contribution < 1.29 is 0 Å². The van der Waals surface area contributed by atoms with Gasteiger partial charge in [-0.05, 0) is 25.8 Å². The SMILES string of the molecule is CCNc1nnc(C(CC)c2ccccc2)n1CC. The van der Waals surface area contributed by atoms with E-state index in [4.69, 9.17) is 0 Å². The Balaban J connectivity index is 2.38. The van der Waals surface area contributed by atoms with Crippen LogP contribution in [0.4, 0.5) is 5.95 Å². The maximum atomic E-state index is 4.40. The summed E-state index contributed by atoms with van der Waals surface area (Å²) in [6.07, 6.45) is 1.02. The van der Waals surface area contributed by atoms with Crippen LogP contribution < -0.4 is 5.32 Å². The monoisotopic (exact) mass is 258 g/mol. The minimum atomic E-state index is 0.307. The van der Waals surface area contributed by atoms with E-state index in [2.05, 4.69) is 65.1 Å². The molecule has 0 saturated heterocycles. The van der Waals surface area contributed by atoms with Crippen molar-refractivity contribution in [2.45, 2.75) is 39.7 Å². The van der Waals surface area contributed by atoms with Gasteiger partial charge in [-0.15, -0.1) is 10.2 Å². The van der Waals surface area contributed by atoms with Crippen LogP contribution in [0.25, 0.3) is 0 Å². The van der Waals surface area contributed by atoms with Gasteiger partial charge in [-0.2, -0.15) is 0 Å². The predicted octanol–water partition coefficient (Wildman–Crippen LogP) is 3.27. The van der Waals surface area contributed by atoms with Crippen LogP contribution in [-0.2, 0) is 6.54 Å². The molecule has 1 N–H and O–H groups in total. The van der Waals surface area contributed by atoms with Crippen LogP contribution in [0, 0.1) is 0 Å². The molecule has 102 valence electrons. The molecule has 1 heterocycles. The third-order valence-corrected chi connectivity index (χ3v) is 3.35. The first-order valence-corrected chi connectivity index (χ1v) is 7.03. The number of hydrogen-bond acceptors (Lipinski definition) is 3. The molecule has 1 aromatic carbocycles. The summed E-state index contributed by atoms with van der Waals surface area (Å²) in [5, 5.41) is 11.9. The summed E-state index contributed by atoms with van der Waals surface area (Å²) in [5.41, 5.74) is 1.30. The highest BCUT2D eigenvalue weighted by Gasteiger charge is 2.20. The summed E-state index contributed by atoms with van der Waals surface area (Å²) in [7, 11) is 0. The second-order valence-corrected chi connectivity index (χ2v) is 4.53. The Morgan fingerprint density at radius 1 is 1.11 bits per heavy atom. The Kier molecular flexibility index (Phi) is 4.55. The molecule has 0 radical (unpaired) electrons. The van der Waals surface area contributed by atoms with Crippen LogP contribution in [0.3, 0.4) is 0 Å². The van der Waals surface area contributed by atoms with Crippen molar-refractivity contribution in [3.8, 4) is 0 Å². The molecule has 0 amide bonds. The molecule has 4 nitrogen and oxygen atoms in total.